The molecule has 45 heavy (non-hydrogen) atoms. The standard InChI is InChI=1S/C35H38ClNO7S/c1-4-8-27-24-30(43-28-15-18-31(19-16-28)45(39,40)37-32-10-7-6-9-25(32)3)17-20-33(27)42-22-21-34(36)44-29-13-11-26(12-14-29)23-35(38)41-5-2/h6-7,9-20,24,34,37H,4-5,8,21-23H2,1-3H3. The number of benzene rings is 4. The molecule has 1 unspecified atom stereocenters. The highest BCUT2D eigenvalue weighted by Gasteiger charge is 2.16. The highest BCUT2D eigenvalue weighted by molar-refractivity contribution is 7.92. The van der Waals surface area contributed by atoms with E-state index in [1.165, 1.54) is 12.1 Å². The van der Waals surface area contributed by atoms with Gasteiger partial charge in [-0.25, -0.2) is 8.42 Å². The number of esters is 1. The molecule has 1 N–H and O–H groups in total. The predicted molar refractivity (Wildman–Crippen MR) is 176 cm³/mol. The maximum Gasteiger partial charge on any atom is 0.310 e. The smallest absolute Gasteiger partial charge is 0.310 e. The van der Waals surface area contributed by atoms with E-state index in [0.29, 0.717) is 42.6 Å². The average Bonchev–Trinajstić information content (AvgIpc) is 3.01. The van der Waals surface area contributed by atoms with Gasteiger partial charge in [0.2, 0.25) is 0 Å². The largest absolute Gasteiger partial charge is 0.493 e. The van der Waals surface area contributed by atoms with Crippen LogP contribution in [0.2, 0.25) is 0 Å². The van der Waals surface area contributed by atoms with Gasteiger partial charge in [-0.3, -0.25) is 9.52 Å². The van der Waals surface area contributed by atoms with Gasteiger partial charge in [0.1, 0.15) is 23.0 Å². The SMILES string of the molecule is CCCc1cc(Oc2ccc(S(=O)(=O)Nc3ccccc3C)cc2)ccc1OCCC(Cl)Oc1ccc(CC(=O)OCC)cc1. The molecule has 0 aliphatic carbocycles. The van der Waals surface area contributed by atoms with Gasteiger partial charge in [-0.2, -0.15) is 0 Å². The molecular weight excluding hydrogens is 614 g/mol. The molecule has 1 atom stereocenters. The molecule has 10 heteroatoms. The van der Waals surface area contributed by atoms with Gasteiger partial charge < -0.3 is 18.9 Å². The Hall–Kier alpha value is -4.21. The van der Waals surface area contributed by atoms with E-state index in [4.69, 9.17) is 30.5 Å². The summed E-state index contributed by atoms with van der Waals surface area (Å²) >= 11 is 6.41. The number of halogens is 1. The average molecular weight is 652 g/mol. The normalized spacial score (nSPS) is 11.8. The number of carbonyl (C=O) groups is 1. The van der Waals surface area contributed by atoms with Crippen molar-refractivity contribution in [2.45, 2.75) is 56.9 Å². The molecule has 0 heterocycles. The summed E-state index contributed by atoms with van der Waals surface area (Å²) in [4.78, 5) is 11.8. The second-order valence-electron chi connectivity index (χ2n) is 10.3. The summed E-state index contributed by atoms with van der Waals surface area (Å²) in [7, 11) is -3.74. The first-order valence-corrected chi connectivity index (χ1v) is 16.8. The molecule has 0 aromatic heterocycles. The topological polar surface area (TPSA) is 100 Å². The number of hydrogen-bond donors (Lipinski definition) is 1. The van der Waals surface area contributed by atoms with Crippen molar-refractivity contribution in [3.8, 4) is 23.0 Å². The fourth-order valence-corrected chi connectivity index (χ4v) is 5.79. The fourth-order valence-electron chi connectivity index (χ4n) is 4.47. The molecule has 0 aliphatic heterocycles. The number of anilines is 1. The Morgan fingerprint density at radius 3 is 2.27 bits per heavy atom. The number of alkyl halides is 1. The van der Waals surface area contributed by atoms with Crippen LogP contribution in [0, 0.1) is 6.92 Å². The van der Waals surface area contributed by atoms with E-state index >= 15 is 0 Å². The Morgan fingerprint density at radius 2 is 1.58 bits per heavy atom. The van der Waals surface area contributed by atoms with Crippen molar-refractivity contribution in [1.29, 1.82) is 0 Å². The molecule has 0 saturated heterocycles. The van der Waals surface area contributed by atoms with Crippen LogP contribution in [-0.4, -0.2) is 33.2 Å². The lowest BCUT2D eigenvalue weighted by Gasteiger charge is -2.16. The molecular formula is C35H38ClNO7S. The number of nitrogens with one attached hydrogen (secondary N) is 1. The third-order valence-corrected chi connectivity index (χ3v) is 8.44. The van der Waals surface area contributed by atoms with Crippen LogP contribution < -0.4 is 18.9 Å². The number of rotatable bonds is 16. The number of sulfonamides is 1. The van der Waals surface area contributed by atoms with Gasteiger partial charge in [-0.15, -0.1) is 0 Å². The molecule has 0 fully saturated rings. The Bertz CT molecular complexity index is 1660. The van der Waals surface area contributed by atoms with Crippen molar-refractivity contribution in [3.05, 3.63) is 108 Å². The number of aryl methyl sites for hydroxylation is 2. The van der Waals surface area contributed by atoms with Crippen LogP contribution in [0.5, 0.6) is 23.0 Å². The Labute approximate surface area is 270 Å². The van der Waals surface area contributed by atoms with Gasteiger partial charge in [0.15, 0.2) is 5.56 Å². The molecule has 0 saturated carbocycles. The van der Waals surface area contributed by atoms with Crippen LogP contribution >= 0.6 is 11.6 Å². The van der Waals surface area contributed by atoms with Crippen LogP contribution in [0.4, 0.5) is 5.69 Å². The third-order valence-electron chi connectivity index (χ3n) is 6.75. The zero-order valence-electron chi connectivity index (χ0n) is 25.6. The van der Waals surface area contributed by atoms with Crippen molar-refractivity contribution >= 4 is 33.3 Å². The van der Waals surface area contributed by atoms with E-state index in [1.807, 2.05) is 49.4 Å². The monoisotopic (exact) mass is 651 g/mol. The first-order valence-electron chi connectivity index (χ1n) is 14.8. The van der Waals surface area contributed by atoms with E-state index in [9.17, 15) is 13.2 Å². The minimum atomic E-state index is -3.74. The molecule has 4 rings (SSSR count). The van der Waals surface area contributed by atoms with Gasteiger partial charge in [0, 0.05) is 6.42 Å². The summed E-state index contributed by atoms with van der Waals surface area (Å²) < 4.78 is 51.2. The zero-order chi connectivity index (χ0) is 32.2. The first kappa shape index (κ1) is 33.7. The summed E-state index contributed by atoms with van der Waals surface area (Å²) in [6.07, 6.45) is 2.35. The van der Waals surface area contributed by atoms with Crippen LogP contribution in [0.1, 0.15) is 43.4 Å². The third kappa shape index (κ3) is 10.2. The highest BCUT2D eigenvalue weighted by atomic mass is 35.5. The zero-order valence-corrected chi connectivity index (χ0v) is 27.2. The van der Waals surface area contributed by atoms with Gasteiger partial charge in [0.25, 0.3) is 10.0 Å². The summed E-state index contributed by atoms with van der Waals surface area (Å²) in [5, 5.41) is 0. The lowest BCUT2D eigenvalue weighted by atomic mass is 10.1. The van der Waals surface area contributed by atoms with Crippen LogP contribution in [0.3, 0.4) is 0 Å². The molecule has 0 spiro atoms. The van der Waals surface area contributed by atoms with Gasteiger partial charge in [0.05, 0.1) is 30.2 Å². The van der Waals surface area contributed by atoms with E-state index in [0.717, 1.165) is 35.3 Å². The second kappa shape index (κ2) is 16.2. The Balaban J connectivity index is 1.30. The maximum atomic E-state index is 12.9. The molecule has 8 nitrogen and oxygen atoms in total. The summed E-state index contributed by atoms with van der Waals surface area (Å²) in [6.45, 7) is 6.41. The van der Waals surface area contributed by atoms with Crippen molar-refractivity contribution in [2.75, 3.05) is 17.9 Å². The van der Waals surface area contributed by atoms with E-state index in [-0.39, 0.29) is 17.3 Å². The second-order valence-corrected chi connectivity index (χ2v) is 12.5. The van der Waals surface area contributed by atoms with Gasteiger partial charge in [-0.1, -0.05) is 55.3 Å². The van der Waals surface area contributed by atoms with Crippen LogP contribution in [0.15, 0.2) is 95.9 Å². The quantitative estimate of drug-likeness (QED) is 0.0966. The van der Waals surface area contributed by atoms with Crippen molar-refractivity contribution in [3.63, 3.8) is 0 Å². The molecule has 0 aliphatic rings. The lowest BCUT2D eigenvalue weighted by Crippen LogP contribution is -2.14. The molecule has 0 radical (unpaired) electrons. The number of carbonyl (C=O) groups excluding carboxylic acids is 1. The molecule has 238 valence electrons. The van der Waals surface area contributed by atoms with E-state index in [2.05, 4.69) is 11.6 Å². The number of ether oxygens (including phenoxy) is 4. The van der Waals surface area contributed by atoms with Crippen molar-refractivity contribution < 1.29 is 32.2 Å². The van der Waals surface area contributed by atoms with E-state index in [1.54, 1.807) is 43.3 Å². The van der Waals surface area contributed by atoms with Crippen LogP contribution in [-0.2, 0) is 32.4 Å². The Kier molecular flexibility index (Phi) is 12.1. The predicted octanol–water partition coefficient (Wildman–Crippen LogP) is 8.06. The minimum Gasteiger partial charge on any atom is -0.493 e. The summed E-state index contributed by atoms with van der Waals surface area (Å²) in [5.74, 6) is 2.19. The lowest BCUT2D eigenvalue weighted by molar-refractivity contribution is -0.142. The maximum absolute atomic E-state index is 12.9. The number of para-hydroxylation sites is 1. The van der Waals surface area contributed by atoms with Gasteiger partial charge in [-0.05, 0) is 97.6 Å². The first-order chi connectivity index (χ1) is 21.7. The summed E-state index contributed by atoms with van der Waals surface area (Å²) in [6, 6.07) is 26.3. The summed E-state index contributed by atoms with van der Waals surface area (Å²) in [5.41, 5.74) is 2.60. The van der Waals surface area contributed by atoms with Crippen molar-refractivity contribution in [1.82, 2.24) is 0 Å². The Morgan fingerprint density at radius 1 is 0.889 bits per heavy atom. The van der Waals surface area contributed by atoms with Crippen LogP contribution in [0.25, 0.3) is 0 Å². The van der Waals surface area contributed by atoms with Crippen molar-refractivity contribution in [2.24, 2.45) is 0 Å². The van der Waals surface area contributed by atoms with Gasteiger partial charge >= 0.3 is 5.97 Å². The fraction of sp³-hybridized carbons (Fsp3) is 0.286. The van der Waals surface area contributed by atoms with E-state index < -0.39 is 15.6 Å². The molecule has 4 aromatic rings. The molecule has 0 bridgehead atoms. The molecule has 4 aromatic carbocycles. The highest BCUT2D eigenvalue weighted by Crippen LogP contribution is 2.30. The minimum absolute atomic E-state index is 0.140. The molecule has 0 amide bonds. The number of hydrogen-bond acceptors (Lipinski definition) is 7.